The number of allylic oxidation sites excluding steroid dienone is 6. The Morgan fingerprint density at radius 3 is 2.00 bits per heavy atom. The quantitative estimate of drug-likeness (QED) is 0.759. The Kier molecular flexibility index (Phi) is 3.71. The molecule has 3 nitrogen and oxygen atoms in total. The molecule has 0 unspecified atom stereocenters. The van der Waals surface area contributed by atoms with Crippen molar-refractivity contribution in [1.82, 2.24) is 0 Å². The molecule has 17 heavy (non-hydrogen) atoms. The Bertz CT molecular complexity index is 443. The van der Waals surface area contributed by atoms with Crippen LogP contribution in [0.4, 0.5) is 0 Å². The fourth-order valence-corrected chi connectivity index (χ4v) is 1.66. The van der Waals surface area contributed by atoms with Crippen molar-refractivity contribution < 1.29 is 14.7 Å². The third-order valence-electron chi connectivity index (χ3n) is 2.64. The van der Waals surface area contributed by atoms with Gasteiger partial charge in [-0.1, -0.05) is 39.8 Å². The predicted molar refractivity (Wildman–Crippen MR) is 66.6 cm³/mol. The average molecular weight is 234 g/mol. The lowest BCUT2D eigenvalue weighted by molar-refractivity contribution is -0.136. The van der Waals surface area contributed by atoms with Gasteiger partial charge in [0.05, 0.1) is 0 Å². The van der Waals surface area contributed by atoms with Crippen molar-refractivity contribution in [2.75, 3.05) is 0 Å². The molecule has 0 fully saturated rings. The lowest BCUT2D eigenvalue weighted by Gasteiger charge is -2.20. The maximum Gasteiger partial charge on any atom is 0.303 e. The number of carboxylic acids is 1. The largest absolute Gasteiger partial charge is 0.481 e. The van der Waals surface area contributed by atoms with Gasteiger partial charge in [0.2, 0.25) is 0 Å². The third-order valence-corrected chi connectivity index (χ3v) is 2.64. The number of hydrogen-bond acceptors (Lipinski definition) is 2. The SMILES string of the molecule is CC(C)(C)C1=C2C=CC(=C1)C2=O.CCC(=O)O. The standard InChI is InChI=1S/C11H12O.C3H6O2/c1-11(2,3)9-6-7-4-5-8(9)10(7)12;1-2-3(4)5/h4-6H,1-3H3;2H2,1H3,(H,4,5). The van der Waals surface area contributed by atoms with E-state index in [2.05, 4.69) is 20.8 Å². The molecule has 0 aromatic carbocycles. The van der Waals surface area contributed by atoms with Crippen LogP contribution in [0.5, 0.6) is 0 Å². The highest BCUT2D eigenvalue weighted by Crippen LogP contribution is 2.39. The van der Waals surface area contributed by atoms with Crippen LogP contribution in [0.25, 0.3) is 0 Å². The fourth-order valence-electron chi connectivity index (χ4n) is 1.66. The highest BCUT2D eigenvalue weighted by molar-refractivity contribution is 6.19. The highest BCUT2D eigenvalue weighted by Gasteiger charge is 2.32. The summed E-state index contributed by atoms with van der Waals surface area (Å²) in [4.78, 5) is 20.8. The lowest BCUT2D eigenvalue weighted by Crippen LogP contribution is -2.09. The van der Waals surface area contributed by atoms with Gasteiger partial charge in [0, 0.05) is 17.6 Å². The minimum atomic E-state index is -0.745. The van der Waals surface area contributed by atoms with E-state index in [9.17, 15) is 9.59 Å². The first-order valence-corrected chi connectivity index (χ1v) is 5.68. The van der Waals surface area contributed by atoms with E-state index in [-0.39, 0.29) is 17.6 Å². The molecule has 0 amide bonds. The van der Waals surface area contributed by atoms with E-state index >= 15 is 0 Å². The van der Waals surface area contributed by atoms with Crippen LogP contribution in [0.1, 0.15) is 34.1 Å². The van der Waals surface area contributed by atoms with E-state index < -0.39 is 5.97 Å². The smallest absolute Gasteiger partial charge is 0.303 e. The number of Topliss-reactive ketones (excluding diaryl/α,β-unsaturated/α-hetero) is 1. The molecule has 1 N–H and O–H groups in total. The first-order valence-electron chi connectivity index (χ1n) is 5.68. The predicted octanol–water partition coefficient (Wildman–Crippen LogP) is 2.89. The summed E-state index contributed by atoms with van der Waals surface area (Å²) in [5, 5.41) is 7.72. The normalized spacial score (nSPS) is 16.9. The van der Waals surface area contributed by atoms with Gasteiger partial charge in [-0.25, -0.2) is 0 Å². The molecule has 0 aromatic rings. The minimum absolute atomic E-state index is 0.0947. The van der Waals surface area contributed by atoms with Gasteiger partial charge < -0.3 is 5.11 Å². The first kappa shape index (κ1) is 13.4. The van der Waals surface area contributed by atoms with Crippen molar-refractivity contribution in [1.29, 1.82) is 0 Å². The number of ketones is 1. The van der Waals surface area contributed by atoms with Crippen LogP contribution in [-0.2, 0) is 9.59 Å². The Labute approximate surface area is 102 Å². The highest BCUT2D eigenvalue weighted by atomic mass is 16.4. The summed E-state index contributed by atoms with van der Waals surface area (Å²) in [6, 6.07) is 0. The zero-order valence-corrected chi connectivity index (χ0v) is 10.7. The van der Waals surface area contributed by atoms with E-state index in [1.54, 1.807) is 6.92 Å². The molecule has 92 valence electrons. The summed E-state index contributed by atoms with van der Waals surface area (Å²) in [7, 11) is 0. The molecule has 2 bridgehead atoms. The van der Waals surface area contributed by atoms with Crippen LogP contribution in [0.2, 0.25) is 0 Å². The molecule has 0 aliphatic heterocycles. The van der Waals surface area contributed by atoms with Gasteiger partial charge in [0.1, 0.15) is 0 Å². The Balaban J connectivity index is 0.000000249. The second kappa shape index (κ2) is 4.70. The molecule has 0 spiro atoms. The second-order valence-corrected chi connectivity index (χ2v) is 5.09. The fraction of sp³-hybridized carbons (Fsp3) is 0.429. The maximum absolute atomic E-state index is 11.4. The summed E-state index contributed by atoms with van der Waals surface area (Å²) < 4.78 is 0. The molecule has 0 saturated heterocycles. The number of rotatable bonds is 1. The zero-order valence-electron chi connectivity index (χ0n) is 10.7. The molecule has 2 rings (SSSR count). The number of hydrogen-bond donors (Lipinski definition) is 1. The average Bonchev–Trinajstić information content (AvgIpc) is 2.74. The van der Waals surface area contributed by atoms with Gasteiger partial charge in [0.15, 0.2) is 5.78 Å². The summed E-state index contributed by atoms with van der Waals surface area (Å²) in [6.07, 6.45) is 6.06. The van der Waals surface area contributed by atoms with E-state index in [0.29, 0.717) is 0 Å². The van der Waals surface area contributed by atoms with Crippen molar-refractivity contribution in [3.8, 4) is 0 Å². The maximum atomic E-state index is 11.4. The van der Waals surface area contributed by atoms with Crippen LogP contribution in [-0.4, -0.2) is 16.9 Å². The first-order chi connectivity index (χ1) is 7.77. The van der Waals surface area contributed by atoms with Gasteiger partial charge in [-0.2, -0.15) is 0 Å². The second-order valence-electron chi connectivity index (χ2n) is 5.09. The third kappa shape index (κ3) is 2.93. The summed E-state index contributed by atoms with van der Waals surface area (Å²) in [5.41, 5.74) is 3.04. The Morgan fingerprint density at radius 2 is 1.82 bits per heavy atom. The van der Waals surface area contributed by atoms with Crippen LogP contribution in [0.3, 0.4) is 0 Å². The summed E-state index contributed by atoms with van der Waals surface area (Å²) >= 11 is 0. The van der Waals surface area contributed by atoms with Crippen molar-refractivity contribution in [3.63, 3.8) is 0 Å². The van der Waals surface area contributed by atoms with Crippen LogP contribution in [0.15, 0.2) is 34.9 Å². The molecule has 3 heteroatoms. The summed E-state index contributed by atoms with van der Waals surface area (Å²) in [5.74, 6) is -0.537. The number of carbonyl (C=O) groups is 2. The van der Waals surface area contributed by atoms with E-state index in [4.69, 9.17) is 5.11 Å². The van der Waals surface area contributed by atoms with Crippen molar-refractivity contribution in [2.45, 2.75) is 34.1 Å². The number of carbonyl (C=O) groups excluding carboxylic acids is 1. The molecule has 0 heterocycles. The van der Waals surface area contributed by atoms with Crippen LogP contribution in [0, 0.1) is 5.41 Å². The molecule has 2 aliphatic carbocycles. The Hall–Kier alpha value is -1.64. The topological polar surface area (TPSA) is 54.4 Å². The molecular weight excluding hydrogens is 216 g/mol. The van der Waals surface area contributed by atoms with Gasteiger partial charge in [0.25, 0.3) is 0 Å². The van der Waals surface area contributed by atoms with Crippen molar-refractivity contribution in [2.24, 2.45) is 5.41 Å². The number of carboxylic acid groups (broad SMARTS) is 1. The number of fused-ring (bicyclic) bond motifs is 2. The van der Waals surface area contributed by atoms with Gasteiger partial charge in [-0.3, -0.25) is 9.59 Å². The zero-order chi connectivity index (χ0) is 13.2. The number of aliphatic carboxylic acids is 1. The van der Waals surface area contributed by atoms with Crippen LogP contribution < -0.4 is 0 Å². The monoisotopic (exact) mass is 234 g/mol. The Morgan fingerprint density at radius 1 is 1.29 bits per heavy atom. The van der Waals surface area contributed by atoms with Gasteiger partial charge >= 0.3 is 5.97 Å². The minimum Gasteiger partial charge on any atom is -0.481 e. The van der Waals surface area contributed by atoms with E-state index in [1.165, 1.54) is 5.57 Å². The summed E-state index contributed by atoms with van der Waals surface area (Å²) in [6.45, 7) is 8.00. The van der Waals surface area contributed by atoms with E-state index in [1.807, 2.05) is 18.2 Å². The molecule has 0 saturated carbocycles. The molecule has 0 aromatic heterocycles. The lowest BCUT2D eigenvalue weighted by atomic mass is 9.84. The molecule has 2 aliphatic rings. The van der Waals surface area contributed by atoms with E-state index in [0.717, 1.165) is 11.1 Å². The molecule has 0 radical (unpaired) electrons. The van der Waals surface area contributed by atoms with Gasteiger partial charge in [-0.05, 0) is 17.1 Å². The van der Waals surface area contributed by atoms with Crippen molar-refractivity contribution >= 4 is 11.8 Å². The van der Waals surface area contributed by atoms with Gasteiger partial charge in [-0.15, -0.1) is 0 Å². The van der Waals surface area contributed by atoms with Crippen molar-refractivity contribution in [3.05, 3.63) is 34.9 Å². The molecule has 0 atom stereocenters. The van der Waals surface area contributed by atoms with Crippen LogP contribution >= 0.6 is 0 Å². The molecular formula is C14H18O3.